The van der Waals surface area contributed by atoms with E-state index in [2.05, 4.69) is 30.4 Å². The molecule has 3 nitrogen and oxygen atoms in total. The normalized spacial score (nSPS) is 11.9. The fourth-order valence-electron chi connectivity index (χ4n) is 1.65. The highest BCUT2D eigenvalue weighted by Crippen LogP contribution is 2.23. The van der Waals surface area contributed by atoms with Crippen LogP contribution in [0.3, 0.4) is 0 Å². The van der Waals surface area contributed by atoms with Crippen molar-refractivity contribution in [2.75, 3.05) is 6.26 Å². The first-order valence-electron chi connectivity index (χ1n) is 5.83. The molecule has 0 bridgehead atoms. The van der Waals surface area contributed by atoms with Crippen LogP contribution < -0.4 is 5.32 Å². The second-order valence-electron chi connectivity index (χ2n) is 4.62. The molecule has 98 valence electrons. The Hall–Kier alpha value is -0.780. The van der Waals surface area contributed by atoms with Crippen molar-refractivity contribution < 1.29 is 4.42 Å². The predicted molar refractivity (Wildman–Crippen MR) is 77.9 cm³/mol. The number of thioether (sulfide) groups is 1. The molecule has 2 aromatic rings. The number of rotatable bonds is 6. The third-order valence-corrected chi connectivity index (χ3v) is 4.35. The minimum absolute atomic E-state index is 0.124. The smallest absolute Gasteiger partial charge is 0.118 e. The van der Waals surface area contributed by atoms with Crippen LogP contribution in [-0.4, -0.2) is 11.2 Å². The van der Waals surface area contributed by atoms with Crippen molar-refractivity contribution in [2.45, 2.75) is 31.7 Å². The van der Waals surface area contributed by atoms with E-state index in [1.54, 1.807) is 23.1 Å². The summed E-state index contributed by atoms with van der Waals surface area (Å²) in [5.74, 6) is 2.94. The van der Waals surface area contributed by atoms with Crippen LogP contribution in [0.5, 0.6) is 0 Å². The molecule has 0 aliphatic heterocycles. The van der Waals surface area contributed by atoms with Crippen LogP contribution in [0.2, 0.25) is 0 Å². The van der Waals surface area contributed by atoms with Gasteiger partial charge in [0, 0.05) is 11.6 Å². The fraction of sp³-hybridized carbons (Fsp3) is 0.462. The highest BCUT2D eigenvalue weighted by atomic mass is 32.2. The maximum atomic E-state index is 5.74. The van der Waals surface area contributed by atoms with Crippen molar-refractivity contribution in [1.82, 2.24) is 10.3 Å². The molecule has 0 spiro atoms. The van der Waals surface area contributed by atoms with E-state index >= 15 is 0 Å². The highest BCUT2D eigenvalue weighted by molar-refractivity contribution is 7.97. The summed E-state index contributed by atoms with van der Waals surface area (Å²) in [5, 5.41) is 6.58. The quantitative estimate of drug-likeness (QED) is 0.878. The molecule has 18 heavy (non-hydrogen) atoms. The van der Waals surface area contributed by atoms with Crippen LogP contribution in [-0.2, 0) is 17.8 Å². The number of thiazole rings is 1. The molecule has 1 N–H and O–H groups in total. The Balaban J connectivity index is 1.94. The lowest BCUT2D eigenvalue weighted by Crippen LogP contribution is -2.35. The van der Waals surface area contributed by atoms with Crippen molar-refractivity contribution >= 4 is 23.1 Å². The molecule has 2 heterocycles. The minimum atomic E-state index is -0.124. The molecule has 5 heteroatoms. The van der Waals surface area contributed by atoms with Crippen molar-refractivity contribution in [3.8, 4) is 0 Å². The van der Waals surface area contributed by atoms with E-state index < -0.39 is 0 Å². The van der Waals surface area contributed by atoms with E-state index in [4.69, 9.17) is 4.42 Å². The van der Waals surface area contributed by atoms with E-state index in [9.17, 15) is 0 Å². The molecular formula is C13H18N2OS2. The standard InChI is InChI=1S/C13H18N2OS2/c1-13(2,12-14-6-7-18-12)15-8-10-4-5-11(16-10)9-17-3/h4-7,15H,8-9H2,1-3H3. The number of nitrogens with one attached hydrogen (secondary N) is 1. The molecule has 0 atom stereocenters. The van der Waals surface area contributed by atoms with Crippen LogP contribution in [0, 0.1) is 0 Å². The number of aromatic nitrogens is 1. The Labute approximate surface area is 116 Å². The zero-order valence-corrected chi connectivity index (χ0v) is 12.5. The van der Waals surface area contributed by atoms with Crippen LogP contribution in [0.1, 0.15) is 30.4 Å². The molecule has 2 aromatic heterocycles. The molecule has 2 rings (SSSR count). The largest absolute Gasteiger partial charge is 0.464 e. The number of furan rings is 1. The van der Waals surface area contributed by atoms with Gasteiger partial charge < -0.3 is 4.42 Å². The van der Waals surface area contributed by atoms with Crippen LogP contribution in [0.25, 0.3) is 0 Å². The van der Waals surface area contributed by atoms with Gasteiger partial charge in [-0.25, -0.2) is 4.98 Å². The molecule has 0 aliphatic carbocycles. The fourth-order valence-corrected chi connectivity index (χ4v) is 2.83. The van der Waals surface area contributed by atoms with Crippen molar-refractivity contribution in [2.24, 2.45) is 0 Å². The number of nitrogens with zero attached hydrogens (tertiary/aromatic N) is 1. The third-order valence-electron chi connectivity index (χ3n) is 2.68. The summed E-state index contributed by atoms with van der Waals surface area (Å²) in [5.41, 5.74) is -0.124. The zero-order chi connectivity index (χ0) is 13.0. The molecule has 0 fully saturated rings. The average molecular weight is 282 g/mol. The molecule has 0 saturated carbocycles. The van der Waals surface area contributed by atoms with Gasteiger partial charge in [-0.15, -0.1) is 11.3 Å². The summed E-state index contributed by atoms with van der Waals surface area (Å²) in [6.07, 6.45) is 3.92. The SMILES string of the molecule is CSCc1ccc(CNC(C)(C)c2nccs2)o1. The molecule has 0 amide bonds. The summed E-state index contributed by atoms with van der Waals surface area (Å²) in [6, 6.07) is 4.08. The van der Waals surface area contributed by atoms with Gasteiger partial charge in [0.05, 0.1) is 17.8 Å². The van der Waals surface area contributed by atoms with E-state index in [1.807, 2.05) is 23.7 Å². The van der Waals surface area contributed by atoms with E-state index in [0.717, 1.165) is 28.8 Å². The van der Waals surface area contributed by atoms with Gasteiger partial charge in [-0.3, -0.25) is 5.32 Å². The van der Waals surface area contributed by atoms with Crippen molar-refractivity contribution in [1.29, 1.82) is 0 Å². The maximum Gasteiger partial charge on any atom is 0.118 e. The highest BCUT2D eigenvalue weighted by Gasteiger charge is 2.22. The Kier molecular flexibility index (Phi) is 4.48. The first-order valence-corrected chi connectivity index (χ1v) is 8.10. The summed E-state index contributed by atoms with van der Waals surface area (Å²) in [4.78, 5) is 4.36. The predicted octanol–water partition coefficient (Wildman–Crippen LogP) is 3.62. The molecular weight excluding hydrogens is 264 g/mol. The Morgan fingerprint density at radius 3 is 2.83 bits per heavy atom. The maximum absolute atomic E-state index is 5.74. The van der Waals surface area contributed by atoms with Gasteiger partial charge in [-0.1, -0.05) is 0 Å². The summed E-state index contributed by atoms with van der Waals surface area (Å²) in [7, 11) is 0. The summed E-state index contributed by atoms with van der Waals surface area (Å²) < 4.78 is 5.74. The molecule has 0 radical (unpaired) electrons. The van der Waals surface area contributed by atoms with Gasteiger partial charge in [0.1, 0.15) is 16.5 Å². The van der Waals surface area contributed by atoms with Crippen LogP contribution in [0.4, 0.5) is 0 Å². The molecule has 0 aromatic carbocycles. The monoisotopic (exact) mass is 282 g/mol. The lowest BCUT2D eigenvalue weighted by Gasteiger charge is -2.23. The van der Waals surface area contributed by atoms with Gasteiger partial charge in [0.2, 0.25) is 0 Å². The van der Waals surface area contributed by atoms with Gasteiger partial charge in [0.15, 0.2) is 0 Å². The molecule has 0 saturated heterocycles. The van der Waals surface area contributed by atoms with E-state index in [-0.39, 0.29) is 5.54 Å². The van der Waals surface area contributed by atoms with Gasteiger partial charge >= 0.3 is 0 Å². The Morgan fingerprint density at radius 1 is 1.39 bits per heavy atom. The lowest BCUT2D eigenvalue weighted by molar-refractivity contribution is 0.365. The third kappa shape index (κ3) is 3.37. The topological polar surface area (TPSA) is 38.1 Å². The van der Waals surface area contributed by atoms with Crippen LogP contribution >= 0.6 is 23.1 Å². The Morgan fingerprint density at radius 2 is 2.17 bits per heavy atom. The zero-order valence-electron chi connectivity index (χ0n) is 10.9. The molecule has 0 aliphatic rings. The van der Waals surface area contributed by atoms with Crippen LogP contribution in [0.15, 0.2) is 28.1 Å². The van der Waals surface area contributed by atoms with Gasteiger partial charge in [-0.2, -0.15) is 11.8 Å². The summed E-state index contributed by atoms with van der Waals surface area (Å²) >= 11 is 3.44. The van der Waals surface area contributed by atoms with Crippen molar-refractivity contribution in [3.05, 3.63) is 40.2 Å². The number of hydrogen-bond acceptors (Lipinski definition) is 5. The lowest BCUT2D eigenvalue weighted by atomic mass is 10.1. The second-order valence-corrected chi connectivity index (χ2v) is 6.38. The van der Waals surface area contributed by atoms with Gasteiger partial charge in [-0.05, 0) is 32.2 Å². The minimum Gasteiger partial charge on any atom is -0.464 e. The number of hydrogen-bond donors (Lipinski definition) is 1. The Bertz CT molecular complexity index is 477. The van der Waals surface area contributed by atoms with E-state index in [0.29, 0.717) is 0 Å². The average Bonchev–Trinajstić information content (AvgIpc) is 2.98. The first kappa shape index (κ1) is 13.6. The first-order chi connectivity index (χ1) is 8.62. The van der Waals surface area contributed by atoms with E-state index in [1.165, 1.54) is 0 Å². The second kappa shape index (κ2) is 5.91. The van der Waals surface area contributed by atoms with Gasteiger partial charge in [0.25, 0.3) is 0 Å². The molecule has 0 unspecified atom stereocenters. The van der Waals surface area contributed by atoms with Crippen molar-refractivity contribution in [3.63, 3.8) is 0 Å². The summed E-state index contributed by atoms with van der Waals surface area (Å²) in [6.45, 7) is 5.00.